The summed E-state index contributed by atoms with van der Waals surface area (Å²) in [5, 5.41) is 0. The van der Waals surface area contributed by atoms with Gasteiger partial charge in [0.05, 0.1) is 4.08 Å². The summed E-state index contributed by atoms with van der Waals surface area (Å²) in [5.41, 5.74) is 0. The molecule has 0 radical (unpaired) electrons. The summed E-state index contributed by atoms with van der Waals surface area (Å²) in [6.07, 6.45) is 4.60. The zero-order valence-electron chi connectivity index (χ0n) is 6.81. The minimum absolute atomic E-state index is 0.528. The first-order chi connectivity index (χ1) is 4.62. The van der Waals surface area contributed by atoms with Crippen molar-refractivity contribution >= 4 is 23.5 Å². The molecule has 0 spiro atoms. The molecule has 0 aromatic heterocycles. The third kappa shape index (κ3) is 5.08. The highest BCUT2D eigenvalue weighted by atomic mass is 32.2. The highest BCUT2D eigenvalue weighted by Crippen LogP contribution is 2.42. The molecular weight excluding hydrogens is 160 g/mol. The van der Waals surface area contributed by atoms with Crippen molar-refractivity contribution in [2.24, 2.45) is 0 Å². The van der Waals surface area contributed by atoms with Crippen molar-refractivity contribution in [3.05, 3.63) is 0 Å². The first kappa shape index (κ1) is 10.3. The highest BCUT2D eigenvalue weighted by Gasteiger charge is 2.23. The van der Waals surface area contributed by atoms with Gasteiger partial charge >= 0.3 is 0 Å². The molecule has 0 unspecified atom stereocenters. The van der Waals surface area contributed by atoms with Gasteiger partial charge in [0.1, 0.15) is 0 Å². The van der Waals surface area contributed by atoms with Crippen LogP contribution in [0.25, 0.3) is 0 Å². The molecule has 0 atom stereocenters. The lowest BCUT2D eigenvalue weighted by molar-refractivity contribution is 1.04. The minimum Gasteiger partial charge on any atom is -0.144 e. The Bertz CT molecular complexity index is 114. The van der Waals surface area contributed by atoms with Gasteiger partial charge in [-0.2, -0.15) is 0 Å². The van der Waals surface area contributed by atoms with Gasteiger partial charge in [-0.1, -0.05) is 0 Å². The summed E-state index contributed by atoms with van der Waals surface area (Å²) < 4.78 is 0.528. The molecular formula is C8H14S2. The maximum Gasteiger partial charge on any atom is 0.0555 e. The lowest BCUT2D eigenvalue weighted by Gasteiger charge is -2.12. The molecule has 1 heterocycles. The van der Waals surface area contributed by atoms with Gasteiger partial charge in [0.2, 0.25) is 0 Å². The fraction of sp³-hybridized carbons (Fsp3) is 0.750. The van der Waals surface area contributed by atoms with Crippen LogP contribution in [0.4, 0.5) is 0 Å². The summed E-state index contributed by atoms with van der Waals surface area (Å²) in [7, 11) is 0. The number of thioether (sulfide) groups is 2. The quantitative estimate of drug-likeness (QED) is 0.518. The van der Waals surface area contributed by atoms with Crippen LogP contribution >= 0.6 is 23.5 Å². The molecule has 1 rings (SSSR count). The molecule has 0 amide bonds. The Morgan fingerprint density at radius 3 is 1.70 bits per heavy atom. The molecule has 2 heteroatoms. The molecule has 0 bridgehead atoms. The fourth-order valence-electron chi connectivity index (χ4n) is 0.617. The van der Waals surface area contributed by atoms with Gasteiger partial charge < -0.3 is 0 Å². The first-order valence-corrected chi connectivity index (χ1v) is 5.25. The molecule has 1 fully saturated rings. The van der Waals surface area contributed by atoms with Gasteiger partial charge in [0.15, 0.2) is 0 Å². The number of rotatable bonds is 0. The Labute approximate surface area is 72.5 Å². The van der Waals surface area contributed by atoms with E-state index in [9.17, 15) is 0 Å². The van der Waals surface area contributed by atoms with Crippen molar-refractivity contribution in [3.8, 4) is 12.3 Å². The first-order valence-electron chi connectivity index (χ1n) is 3.27. The lowest BCUT2D eigenvalue weighted by atomic mass is 10.5. The third-order valence-electron chi connectivity index (χ3n) is 0.983. The molecule has 0 aliphatic carbocycles. The van der Waals surface area contributed by atoms with Crippen LogP contribution in [0.15, 0.2) is 0 Å². The molecule has 1 aliphatic heterocycles. The van der Waals surface area contributed by atoms with E-state index in [2.05, 4.69) is 49.7 Å². The second kappa shape index (κ2) is 4.98. The standard InChI is InChI=1S/C5H10S2.C3H4/c1-5(2)6-3-4-7-5;1-3-2/h3-4H2,1-2H3;1H,2H3. The summed E-state index contributed by atoms with van der Waals surface area (Å²) in [6.45, 7) is 6.23. The average Bonchev–Trinajstić information content (AvgIpc) is 2.16. The molecule has 58 valence electrons. The summed E-state index contributed by atoms with van der Waals surface area (Å²) in [5.74, 6) is 4.94. The van der Waals surface area contributed by atoms with Gasteiger partial charge in [0, 0.05) is 11.5 Å². The van der Waals surface area contributed by atoms with Crippen LogP contribution in [0.2, 0.25) is 0 Å². The second-order valence-electron chi connectivity index (χ2n) is 2.39. The van der Waals surface area contributed by atoms with Crippen LogP contribution in [0.5, 0.6) is 0 Å². The second-order valence-corrected chi connectivity index (χ2v) is 6.08. The Kier molecular flexibility index (Phi) is 5.11. The lowest BCUT2D eigenvalue weighted by Crippen LogP contribution is -2.00. The third-order valence-corrected chi connectivity index (χ3v) is 4.16. The van der Waals surface area contributed by atoms with Crippen LogP contribution in [-0.4, -0.2) is 15.6 Å². The predicted molar refractivity (Wildman–Crippen MR) is 53.5 cm³/mol. The normalized spacial score (nSPS) is 20.6. The SMILES string of the molecule is C#CC.CC1(C)SCCS1. The number of hydrogen-bond acceptors (Lipinski definition) is 2. The van der Waals surface area contributed by atoms with E-state index in [0.717, 1.165) is 0 Å². The molecule has 0 saturated carbocycles. The summed E-state index contributed by atoms with van der Waals surface area (Å²) in [4.78, 5) is 0. The monoisotopic (exact) mass is 174 g/mol. The van der Waals surface area contributed by atoms with E-state index < -0.39 is 0 Å². The largest absolute Gasteiger partial charge is 0.144 e. The molecule has 1 aliphatic rings. The Morgan fingerprint density at radius 2 is 1.60 bits per heavy atom. The smallest absolute Gasteiger partial charge is 0.0555 e. The number of hydrogen-bond donors (Lipinski definition) is 0. The van der Waals surface area contributed by atoms with Gasteiger partial charge in [-0.25, -0.2) is 0 Å². The van der Waals surface area contributed by atoms with E-state index in [1.807, 2.05) is 0 Å². The Hall–Kier alpha value is 0.260. The van der Waals surface area contributed by atoms with Crippen molar-refractivity contribution in [2.75, 3.05) is 11.5 Å². The molecule has 0 N–H and O–H groups in total. The Morgan fingerprint density at radius 1 is 1.30 bits per heavy atom. The minimum atomic E-state index is 0.528. The van der Waals surface area contributed by atoms with Crippen LogP contribution < -0.4 is 0 Å². The molecule has 1 saturated heterocycles. The van der Waals surface area contributed by atoms with Gasteiger partial charge in [-0.3, -0.25) is 0 Å². The van der Waals surface area contributed by atoms with E-state index in [1.54, 1.807) is 6.92 Å². The van der Waals surface area contributed by atoms with Crippen LogP contribution in [0, 0.1) is 12.3 Å². The predicted octanol–water partition coefficient (Wildman–Crippen LogP) is 2.84. The fourth-order valence-corrected chi connectivity index (χ4v) is 3.10. The maximum atomic E-state index is 4.60. The van der Waals surface area contributed by atoms with Crippen LogP contribution in [0.1, 0.15) is 20.8 Å². The molecule has 0 aromatic rings. The van der Waals surface area contributed by atoms with E-state index >= 15 is 0 Å². The molecule has 0 nitrogen and oxygen atoms in total. The topological polar surface area (TPSA) is 0 Å². The van der Waals surface area contributed by atoms with Gasteiger partial charge in [-0.05, 0) is 20.8 Å². The van der Waals surface area contributed by atoms with E-state index in [4.69, 9.17) is 0 Å². The molecule has 0 aromatic carbocycles. The summed E-state index contributed by atoms with van der Waals surface area (Å²) >= 11 is 4.12. The van der Waals surface area contributed by atoms with E-state index in [0.29, 0.717) is 4.08 Å². The maximum absolute atomic E-state index is 4.60. The molecule has 10 heavy (non-hydrogen) atoms. The van der Waals surface area contributed by atoms with Gasteiger partial charge in [0.25, 0.3) is 0 Å². The van der Waals surface area contributed by atoms with E-state index in [-0.39, 0.29) is 0 Å². The number of terminal acetylenes is 1. The van der Waals surface area contributed by atoms with E-state index in [1.165, 1.54) is 11.5 Å². The van der Waals surface area contributed by atoms with Crippen molar-refractivity contribution < 1.29 is 0 Å². The summed E-state index contributed by atoms with van der Waals surface area (Å²) in [6, 6.07) is 0. The van der Waals surface area contributed by atoms with Crippen LogP contribution in [0.3, 0.4) is 0 Å². The van der Waals surface area contributed by atoms with Crippen LogP contribution in [-0.2, 0) is 0 Å². The van der Waals surface area contributed by atoms with Crippen molar-refractivity contribution in [1.82, 2.24) is 0 Å². The van der Waals surface area contributed by atoms with Crippen molar-refractivity contribution in [3.63, 3.8) is 0 Å². The zero-order chi connectivity index (χ0) is 8.04. The highest BCUT2D eigenvalue weighted by molar-refractivity contribution is 8.21. The van der Waals surface area contributed by atoms with Crippen molar-refractivity contribution in [1.29, 1.82) is 0 Å². The Balaban J connectivity index is 0.000000236. The zero-order valence-corrected chi connectivity index (χ0v) is 8.44. The van der Waals surface area contributed by atoms with Gasteiger partial charge in [-0.15, -0.1) is 35.9 Å². The van der Waals surface area contributed by atoms with Crippen molar-refractivity contribution in [2.45, 2.75) is 24.9 Å². The average molecular weight is 174 g/mol.